The van der Waals surface area contributed by atoms with Gasteiger partial charge in [-0.25, -0.2) is 4.39 Å². The third-order valence-corrected chi connectivity index (χ3v) is 6.14. The zero-order valence-electron chi connectivity index (χ0n) is 20.6. The highest BCUT2D eigenvalue weighted by Gasteiger charge is 2.46. The van der Waals surface area contributed by atoms with Crippen molar-refractivity contribution < 1.29 is 23.8 Å². The predicted molar refractivity (Wildman–Crippen MR) is 136 cm³/mol. The molecule has 1 heterocycles. The SMILES string of the molecule is Cc1cccc(COc2ccc(C(O)=C3C(=O)C(=O)N(CCN(C)C)C3c3ccccc3F)cc2)c1. The summed E-state index contributed by atoms with van der Waals surface area (Å²) in [5.41, 5.74) is 2.55. The second-order valence-electron chi connectivity index (χ2n) is 9.12. The molecular formula is C29H29FN2O4. The van der Waals surface area contributed by atoms with Gasteiger partial charge in [-0.2, -0.15) is 0 Å². The van der Waals surface area contributed by atoms with Crippen molar-refractivity contribution in [2.24, 2.45) is 0 Å². The summed E-state index contributed by atoms with van der Waals surface area (Å²) < 4.78 is 20.7. The fraction of sp³-hybridized carbons (Fsp3) is 0.241. The summed E-state index contributed by atoms with van der Waals surface area (Å²) in [4.78, 5) is 29.2. The van der Waals surface area contributed by atoms with Gasteiger partial charge in [0.1, 0.15) is 23.9 Å². The van der Waals surface area contributed by atoms with Crippen LogP contribution in [0.15, 0.2) is 78.4 Å². The molecule has 0 spiro atoms. The van der Waals surface area contributed by atoms with E-state index in [2.05, 4.69) is 0 Å². The summed E-state index contributed by atoms with van der Waals surface area (Å²) in [5.74, 6) is -1.90. The standard InChI is InChI=1S/C29H29FN2O4/c1-19-7-6-8-20(17-19)18-36-22-13-11-21(12-14-22)27(33)25-26(23-9-4-5-10-24(23)30)32(16-15-31(2)3)29(35)28(25)34/h4-14,17,26,33H,15-16,18H2,1-3H3. The number of hydrogen-bond donors (Lipinski definition) is 1. The number of nitrogens with zero attached hydrogens (tertiary/aromatic N) is 2. The number of likely N-dealkylation sites (N-methyl/N-ethyl adjacent to an activating group) is 1. The van der Waals surface area contributed by atoms with Gasteiger partial charge in [0.25, 0.3) is 11.7 Å². The maximum absolute atomic E-state index is 14.8. The van der Waals surface area contributed by atoms with Gasteiger partial charge < -0.3 is 19.6 Å². The van der Waals surface area contributed by atoms with Crippen LogP contribution in [0.2, 0.25) is 0 Å². The van der Waals surface area contributed by atoms with Crippen molar-refractivity contribution in [1.82, 2.24) is 9.80 Å². The van der Waals surface area contributed by atoms with Crippen molar-refractivity contribution in [2.45, 2.75) is 19.6 Å². The molecule has 4 rings (SSSR count). The van der Waals surface area contributed by atoms with E-state index in [1.807, 2.05) is 50.2 Å². The van der Waals surface area contributed by atoms with Crippen molar-refractivity contribution in [1.29, 1.82) is 0 Å². The lowest BCUT2D eigenvalue weighted by molar-refractivity contribution is -0.140. The Morgan fingerprint density at radius 1 is 1.03 bits per heavy atom. The molecule has 1 N–H and O–H groups in total. The van der Waals surface area contributed by atoms with E-state index in [9.17, 15) is 19.1 Å². The first-order chi connectivity index (χ1) is 17.3. The number of ketones is 1. The van der Waals surface area contributed by atoms with Crippen LogP contribution in [0.25, 0.3) is 5.76 Å². The molecule has 1 saturated heterocycles. The molecule has 1 amide bonds. The molecule has 0 bridgehead atoms. The Hall–Kier alpha value is -3.97. The topological polar surface area (TPSA) is 70.1 Å². The molecule has 0 aromatic heterocycles. The highest BCUT2D eigenvalue weighted by Crippen LogP contribution is 2.40. The second kappa shape index (κ2) is 10.7. The number of carbonyl (C=O) groups is 2. The van der Waals surface area contributed by atoms with Crippen LogP contribution in [0.1, 0.15) is 28.3 Å². The molecule has 6 nitrogen and oxygen atoms in total. The first-order valence-electron chi connectivity index (χ1n) is 11.7. The number of aryl methyl sites for hydroxylation is 1. The van der Waals surface area contributed by atoms with Gasteiger partial charge in [-0.05, 0) is 56.9 Å². The lowest BCUT2D eigenvalue weighted by atomic mass is 9.95. The lowest BCUT2D eigenvalue weighted by Crippen LogP contribution is -2.35. The number of amides is 1. The molecule has 1 unspecified atom stereocenters. The normalized spacial score (nSPS) is 17.1. The smallest absolute Gasteiger partial charge is 0.295 e. The van der Waals surface area contributed by atoms with Crippen molar-refractivity contribution in [3.05, 3.63) is 106 Å². The number of likely N-dealkylation sites (tertiary alicyclic amines) is 1. The summed E-state index contributed by atoms with van der Waals surface area (Å²) in [7, 11) is 3.69. The highest BCUT2D eigenvalue weighted by atomic mass is 19.1. The van der Waals surface area contributed by atoms with Gasteiger partial charge in [-0.1, -0.05) is 48.0 Å². The number of ether oxygens (including phenoxy) is 1. The largest absolute Gasteiger partial charge is 0.507 e. The van der Waals surface area contributed by atoms with Gasteiger partial charge in [-0.3, -0.25) is 9.59 Å². The summed E-state index contributed by atoms with van der Waals surface area (Å²) in [6, 6.07) is 19.6. The molecule has 3 aromatic carbocycles. The Labute approximate surface area is 210 Å². The van der Waals surface area contributed by atoms with Crippen LogP contribution < -0.4 is 4.74 Å². The Bertz CT molecular complexity index is 1300. The van der Waals surface area contributed by atoms with Crippen molar-refractivity contribution in [3.8, 4) is 5.75 Å². The van der Waals surface area contributed by atoms with E-state index in [1.54, 1.807) is 36.4 Å². The van der Waals surface area contributed by atoms with Crippen LogP contribution in [-0.4, -0.2) is 53.8 Å². The third-order valence-electron chi connectivity index (χ3n) is 6.14. The first-order valence-corrected chi connectivity index (χ1v) is 11.7. The minimum absolute atomic E-state index is 0.128. The summed E-state index contributed by atoms with van der Waals surface area (Å²) in [6.07, 6.45) is 0. The van der Waals surface area contributed by atoms with E-state index < -0.39 is 23.5 Å². The quantitative estimate of drug-likeness (QED) is 0.283. The molecule has 36 heavy (non-hydrogen) atoms. The van der Waals surface area contributed by atoms with Crippen LogP contribution in [0.4, 0.5) is 4.39 Å². The van der Waals surface area contributed by atoms with E-state index >= 15 is 0 Å². The number of aliphatic hydroxyl groups is 1. The monoisotopic (exact) mass is 488 g/mol. The number of carbonyl (C=O) groups excluding carboxylic acids is 2. The van der Waals surface area contributed by atoms with E-state index in [0.29, 0.717) is 24.5 Å². The molecule has 1 aliphatic rings. The maximum atomic E-state index is 14.8. The van der Waals surface area contributed by atoms with Crippen LogP contribution in [-0.2, 0) is 16.2 Å². The average molecular weight is 489 g/mol. The molecule has 1 atom stereocenters. The molecule has 1 aliphatic heterocycles. The van der Waals surface area contributed by atoms with Crippen LogP contribution in [0.5, 0.6) is 5.75 Å². The van der Waals surface area contributed by atoms with E-state index in [4.69, 9.17) is 4.74 Å². The molecule has 1 fully saturated rings. The van der Waals surface area contributed by atoms with Gasteiger partial charge in [0.05, 0.1) is 11.6 Å². The molecule has 7 heteroatoms. The molecule has 0 saturated carbocycles. The third kappa shape index (κ3) is 5.31. The van der Waals surface area contributed by atoms with Crippen LogP contribution in [0, 0.1) is 12.7 Å². The minimum Gasteiger partial charge on any atom is -0.507 e. The van der Waals surface area contributed by atoms with Gasteiger partial charge >= 0.3 is 0 Å². The summed E-state index contributed by atoms with van der Waals surface area (Å²) in [6.45, 7) is 3.08. The maximum Gasteiger partial charge on any atom is 0.295 e. The zero-order chi connectivity index (χ0) is 25.8. The van der Waals surface area contributed by atoms with Crippen molar-refractivity contribution in [3.63, 3.8) is 0 Å². The molecule has 0 aliphatic carbocycles. The Kier molecular flexibility index (Phi) is 7.50. The fourth-order valence-electron chi connectivity index (χ4n) is 4.27. The average Bonchev–Trinajstić information content (AvgIpc) is 3.11. The number of aliphatic hydroxyl groups excluding tert-OH is 1. The first kappa shape index (κ1) is 25.1. The van der Waals surface area contributed by atoms with Gasteiger partial charge in [0.2, 0.25) is 0 Å². The highest BCUT2D eigenvalue weighted by molar-refractivity contribution is 6.46. The second-order valence-corrected chi connectivity index (χ2v) is 9.12. The Balaban J connectivity index is 1.65. The molecule has 3 aromatic rings. The molecular weight excluding hydrogens is 459 g/mol. The predicted octanol–water partition coefficient (Wildman–Crippen LogP) is 4.70. The number of hydrogen-bond acceptors (Lipinski definition) is 5. The molecule has 186 valence electrons. The lowest BCUT2D eigenvalue weighted by Gasteiger charge is -2.26. The number of halogens is 1. The van der Waals surface area contributed by atoms with Crippen LogP contribution >= 0.6 is 0 Å². The van der Waals surface area contributed by atoms with E-state index in [-0.39, 0.29) is 23.4 Å². The Morgan fingerprint density at radius 3 is 2.42 bits per heavy atom. The molecule has 0 radical (unpaired) electrons. The van der Waals surface area contributed by atoms with E-state index in [1.165, 1.54) is 17.0 Å². The van der Waals surface area contributed by atoms with Crippen molar-refractivity contribution >= 4 is 17.4 Å². The number of rotatable bonds is 8. The van der Waals surface area contributed by atoms with Crippen molar-refractivity contribution in [2.75, 3.05) is 27.2 Å². The van der Waals surface area contributed by atoms with Gasteiger partial charge in [-0.15, -0.1) is 0 Å². The fourth-order valence-corrected chi connectivity index (χ4v) is 4.27. The van der Waals surface area contributed by atoms with E-state index in [0.717, 1.165) is 11.1 Å². The van der Waals surface area contributed by atoms with Crippen LogP contribution in [0.3, 0.4) is 0 Å². The van der Waals surface area contributed by atoms with Gasteiger partial charge in [0, 0.05) is 24.2 Å². The number of Topliss-reactive ketones (excluding diaryl/α,β-unsaturated/α-hetero) is 1. The number of benzene rings is 3. The Morgan fingerprint density at radius 2 is 1.75 bits per heavy atom. The minimum atomic E-state index is -1.02. The summed E-state index contributed by atoms with van der Waals surface area (Å²) in [5, 5.41) is 11.2. The van der Waals surface area contributed by atoms with Gasteiger partial charge in [0.15, 0.2) is 0 Å². The summed E-state index contributed by atoms with van der Waals surface area (Å²) >= 11 is 0. The zero-order valence-corrected chi connectivity index (χ0v) is 20.6.